The van der Waals surface area contributed by atoms with Crippen molar-refractivity contribution in [3.63, 3.8) is 0 Å². The van der Waals surface area contributed by atoms with Crippen LogP contribution in [-0.2, 0) is 4.79 Å². The van der Waals surface area contributed by atoms with Gasteiger partial charge in [0.15, 0.2) is 0 Å². The molecule has 0 heterocycles. The van der Waals surface area contributed by atoms with Gasteiger partial charge in [0.05, 0.1) is 0 Å². The Labute approximate surface area is 107 Å². The van der Waals surface area contributed by atoms with Crippen LogP contribution in [0.25, 0.3) is 17.2 Å². The quantitative estimate of drug-likeness (QED) is 0.598. The number of carbonyl (C=O) groups excluding carboxylic acids is 1. The fourth-order valence-electron chi connectivity index (χ4n) is 1.82. The van der Waals surface area contributed by atoms with Gasteiger partial charge in [0.1, 0.15) is 5.75 Å². The second-order valence-electron chi connectivity index (χ2n) is 3.89. The number of hydrogen-bond donors (Lipinski definition) is 0. The summed E-state index contributed by atoms with van der Waals surface area (Å²) in [5.74, 6) is 0.229. The predicted octanol–water partition coefficient (Wildman–Crippen LogP) is 3.92. The summed E-state index contributed by atoms with van der Waals surface area (Å²) in [5, 5.41) is 0. The molecule has 0 N–H and O–H groups in total. The lowest BCUT2D eigenvalue weighted by atomic mass is 10.0. The molecule has 0 aromatic heterocycles. The maximum atomic E-state index is 11.2. The zero-order valence-corrected chi connectivity index (χ0v) is 10.2. The Morgan fingerprint density at radius 2 is 1.83 bits per heavy atom. The van der Waals surface area contributed by atoms with Crippen molar-refractivity contribution in [1.82, 2.24) is 0 Å². The molecule has 2 aromatic rings. The van der Waals surface area contributed by atoms with Crippen molar-refractivity contribution >= 4 is 12.0 Å². The lowest BCUT2D eigenvalue weighted by Gasteiger charge is -2.12. The molecule has 0 aliphatic heterocycles. The van der Waals surface area contributed by atoms with Crippen molar-refractivity contribution in [1.29, 1.82) is 0 Å². The highest BCUT2D eigenvalue weighted by Gasteiger charge is 2.11. The van der Waals surface area contributed by atoms with E-state index in [0.29, 0.717) is 5.75 Å². The first kappa shape index (κ1) is 12.1. The van der Waals surface area contributed by atoms with E-state index in [1.54, 1.807) is 6.08 Å². The molecule has 0 radical (unpaired) electrons. The zero-order valence-electron chi connectivity index (χ0n) is 10.2. The van der Waals surface area contributed by atoms with Crippen molar-refractivity contribution < 1.29 is 9.53 Å². The SMILES string of the molecule is C=Cc1cccc(-c2ccccc2)c1OC(C)=O. The van der Waals surface area contributed by atoms with Gasteiger partial charge in [0, 0.05) is 18.1 Å². The van der Waals surface area contributed by atoms with E-state index in [2.05, 4.69) is 6.58 Å². The number of hydrogen-bond acceptors (Lipinski definition) is 2. The van der Waals surface area contributed by atoms with Crippen LogP contribution in [0.3, 0.4) is 0 Å². The van der Waals surface area contributed by atoms with Crippen molar-refractivity contribution in [2.45, 2.75) is 6.92 Å². The topological polar surface area (TPSA) is 26.3 Å². The smallest absolute Gasteiger partial charge is 0.308 e. The molecule has 2 heteroatoms. The minimum absolute atomic E-state index is 0.332. The Morgan fingerprint density at radius 1 is 1.11 bits per heavy atom. The fraction of sp³-hybridized carbons (Fsp3) is 0.0625. The van der Waals surface area contributed by atoms with Crippen LogP contribution in [0.1, 0.15) is 12.5 Å². The van der Waals surface area contributed by atoms with E-state index in [-0.39, 0.29) is 5.97 Å². The highest BCUT2D eigenvalue weighted by atomic mass is 16.5. The predicted molar refractivity (Wildman–Crippen MR) is 73.3 cm³/mol. The molecule has 2 aromatic carbocycles. The number of ether oxygens (including phenoxy) is 1. The van der Waals surface area contributed by atoms with E-state index in [0.717, 1.165) is 16.7 Å². The Morgan fingerprint density at radius 3 is 2.44 bits per heavy atom. The monoisotopic (exact) mass is 238 g/mol. The third-order valence-electron chi connectivity index (χ3n) is 2.60. The first-order valence-electron chi connectivity index (χ1n) is 5.71. The Hall–Kier alpha value is -2.35. The van der Waals surface area contributed by atoms with Crippen LogP contribution in [-0.4, -0.2) is 5.97 Å². The van der Waals surface area contributed by atoms with Gasteiger partial charge in [-0.3, -0.25) is 4.79 Å². The third-order valence-corrected chi connectivity index (χ3v) is 2.60. The molecule has 0 spiro atoms. The van der Waals surface area contributed by atoms with Crippen molar-refractivity contribution in [2.24, 2.45) is 0 Å². The summed E-state index contributed by atoms with van der Waals surface area (Å²) >= 11 is 0. The van der Waals surface area contributed by atoms with Gasteiger partial charge in [-0.15, -0.1) is 0 Å². The summed E-state index contributed by atoms with van der Waals surface area (Å²) in [5.41, 5.74) is 2.72. The van der Waals surface area contributed by atoms with Gasteiger partial charge < -0.3 is 4.74 Å². The highest BCUT2D eigenvalue weighted by molar-refractivity contribution is 5.81. The first-order valence-corrected chi connectivity index (χ1v) is 5.71. The highest BCUT2D eigenvalue weighted by Crippen LogP contribution is 2.33. The minimum Gasteiger partial charge on any atom is -0.425 e. The molecule has 0 unspecified atom stereocenters. The molecule has 2 nitrogen and oxygen atoms in total. The van der Waals surface area contributed by atoms with Gasteiger partial charge in [0.2, 0.25) is 0 Å². The third kappa shape index (κ3) is 2.48. The first-order chi connectivity index (χ1) is 8.72. The number of carbonyl (C=O) groups is 1. The minimum atomic E-state index is -0.332. The van der Waals surface area contributed by atoms with Gasteiger partial charge >= 0.3 is 5.97 Å². The average Bonchev–Trinajstić information content (AvgIpc) is 2.39. The number of rotatable bonds is 3. The largest absolute Gasteiger partial charge is 0.425 e. The lowest BCUT2D eigenvalue weighted by Crippen LogP contribution is -2.04. The lowest BCUT2D eigenvalue weighted by molar-refractivity contribution is -0.131. The Bertz CT molecular complexity index is 571. The summed E-state index contributed by atoms with van der Waals surface area (Å²) < 4.78 is 5.31. The van der Waals surface area contributed by atoms with E-state index in [9.17, 15) is 4.79 Å². The molecule has 2 rings (SSSR count). The van der Waals surface area contributed by atoms with Crippen LogP contribution in [0.5, 0.6) is 5.75 Å². The molecule has 90 valence electrons. The molecule has 0 bridgehead atoms. The molecule has 18 heavy (non-hydrogen) atoms. The Kier molecular flexibility index (Phi) is 3.58. The molecule has 0 saturated heterocycles. The van der Waals surface area contributed by atoms with E-state index in [4.69, 9.17) is 4.74 Å². The van der Waals surface area contributed by atoms with Crippen LogP contribution in [0.15, 0.2) is 55.1 Å². The van der Waals surface area contributed by atoms with Gasteiger partial charge in [-0.25, -0.2) is 0 Å². The van der Waals surface area contributed by atoms with Crippen molar-refractivity contribution in [3.8, 4) is 16.9 Å². The van der Waals surface area contributed by atoms with Crippen LogP contribution in [0.2, 0.25) is 0 Å². The molecule has 0 aliphatic rings. The van der Waals surface area contributed by atoms with E-state index < -0.39 is 0 Å². The van der Waals surface area contributed by atoms with E-state index in [1.165, 1.54) is 6.92 Å². The average molecular weight is 238 g/mol. The number of esters is 1. The molecular formula is C16H14O2. The van der Waals surface area contributed by atoms with E-state index >= 15 is 0 Å². The van der Waals surface area contributed by atoms with Crippen LogP contribution < -0.4 is 4.74 Å². The maximum Gasteiger partial charge on any atom is 0.308 e. The molecule has 0 atom stereocenters. The summed E-state index contributed by atoms with van der Waals surface area (Å²) in [7, 11) is 0. The Balaban J connectivity index is 2.59. The van der Waals surface area contributed by atoms with Crippen LogP contribution in [0, 0.1) is 0 Å². The van der Waals surface area contributed by atoms with Crippen molar-refractivity contribution in [3.05, 3.63) is 60.7 Å². The second kappa shape index (κ2) is 5.32. The number of para-hydroxylation sites is 1. The van der Waals surface area contributed by atoms with Crippen LogP contribution >= 0.6 is 0 Å². The van der Waals surface area contributed by atoms with Crippen molar-refractivity contribution in [2.75, 3.05) is 0 Å². The summed E-state index contributed by atoms with van der Waals surface area (Å²) in [6, 6.07) is 15.5. The van der Waals surface area contributed by atoms with E-state index in [1.807, 2.05) is 48.5 Å². The zero-order chi connectivity index (χ0) is 13.0. The van der Waals surface area contributed by atoms with Gasteiger partial charge in [-0.05, 0) is 5.56 Å². The van der Waals surface area contributed by atoms with Gasteiger partial charge in [0.25, 0.3) is 0 Å². The summed E-state index contributed by atoms with van der Waals surface area (Å²) in [4.78, 5) is 11.2. The molecule has 0 saturated carbocycles. The summed E-state index contributed by atoms with van der Waals surface area (Å²) in [6.07, 6.45) is 1.69. The molecule has 0 aliphatic carbocycles. The molecule has 0 fully saturated rings. The second-order valence-corrected chi connectivity index (χ2v) is 3.89. The molecular weight excluding hydrogens is 224 g/mol. The molecule has 0 amide bonds. The van der Waals surface area contributed by atoms with Gasteiger partial charge in [-0.1, -0.05) is 61.2 Å². The maximum absolute atomic E-state index is 11.2. The number of benzene rings is 2. The summed E-state index contributed by atoms with van der Waals surface area (Å²) in [6.45, 7) is 5.14. The fourth-order valence-corrected chi connectivity index (χ4v) is 1.82. The van der Waals surface area contributed by atoms with Gasteiger partial charge in [-0.2, -0.15) is 0 Å². The normalized spacial score (nSPS) is 9.83. The standard InChI is InChI=1S/C16H14O2/c1-3-13-10-7-11-15(16(13)18-12(2)17)14-8-5-4-6-9-14/h3-11H,1H2,2H3. The van der Waals surface area contributed by atoms with Crippen LogP contribution in [0.4, 0.5) is 0 Å².